The summed E-state index contributed by atoms with van der Waals surface area (Å²) in [5.41, 5.74) is -0.200. The zero-order valence-corrected chi connectivity index (χ0v) is 19.9. The van der Waals surface area contributed by atoms with Crippen LogP contribution in [0.4, 0.5) is 0 Å². The van der Waals surface area contributed by atoms with Gasteiger partial charge >= 0.3 is 5.97 Å². The lowest BCUT2D eigenvalue weighted by atomic mass is 10.1. The Morgan fingerprint density at radius 1 is 1.09 bits per heavy atom. The number of piperazine rings is 1. The van der Waals surface area contributed by atoms with E-state index in [9.17, 15) is 14.4 Å². The topological polar surface area (TPSA) is 84.7 Å². The van der Waals surface area contributed by atoms with Gasteiger partial charge in [0.2, 0.25) is 0 Å². The van der Waals surface area contributed by atoms with E-state index in [2.05, 4.69) is 10.00 Å². The fraction of sp³-hybridized carbons (Fsp3) is 0.391. The first-order valence-corrected chi connectivity index (χ1v) is 12.1. The third-order valence-electron chi connectivity index (χ3n) is 5.56. The van der Waals surface area contributed by atoms with Gasteiger partial charge in [0.05, 0.1) is 9.72 Å². The summed E-state index contributed by atoms with van der Waals surface area (Å²) in [4.78, 5) is 43.2. The number of hydrogen-bond acceptors (Lipinski definition) is 7. The highest BCUT2D eigenvalue weighted by Crippen LogP contribution is 2.23. The average Bonchev–Trinajstić information content (AvgIpc) is 3.24. The van der Waals surface area contributed by atoms with Crippen LogP contribution in [0.15, 0.2) is 41.2 Å². The van der Waals surface area contributed by atoms with E-state index in [1.54, 1.807) is 40.5 Å². The third kappa shape index (κ3) is 5.43. The van der Waals surface area contributed by atoms with E-state index in [1.165, 1.54) is 9.56 Å². The molecule has 1 aliphatic heterocycles. The van der Waals surface area contributed by atoms with Crippen LogP contribution in [0.25, 0.3) is 10.8 Å². The molecule has 8 nitrogen and oxygen atoms in total. The van der Waals surface area contributed by atoms with Gasteiger partial charge < -0.3 is 9.64 Å². The molecule has 1 amide bonds. The van der Waals surface area contributed by atoms with Crippen molar-refractivity contribution in [3.05, 3.63) is 61.7 Å². The Balaban J connectivity index is 1.36. The van der Waals surface area contributed by atoms with Crippen LogP contribution < -0.4 is 5.56 Å². The van der Waals surface area contributed by atoms with Crippen LogP contribution in [-0.2, 0) is 22.6 Å². The monoisotopic (exact) mass is 488 g/mol. The van der Waals surface area contributed by atoms with E-state index in [-0.39, 0.29) is 23.8 Å². The van der Waals surface area contributed by atoms with Gasteiger partial charge in [0.15, 0.2) is 12.3 Å². The zero-order valence-electron chi connectivity index (χ0n) is 18.3. The van der Waals surface area contributed by atoms with E-state index < -0.39 is 5.97 Å². The highest BCUT2D eigenvalue weighted by Gasteiger charge is 2.24. The molecule has 0 radical (unpaired) electrons. The number of carbonyl (C=O) groups is 2. The Bertz CT molecular complexity index is 1220. The number of aromatic nitrogens is 2. The summed E-state index contributed by atoms with van der Waals surface area (Å²) in [6, 6.07) is 10.7. The Kier molecular flexibility index (Phi) is 7.42. The normalized spacial score (nSPS) is 14.5. The van der Waals surface area contributed by atoms with Gasteiger partial charge in [-0.3, -0.25) is 14.5 Å². The summed E-state index contributed by atoms with van der Waals surface area (Å²) in [5, 5.41) is 5.05. The number of amides is 1. The summed E-state index contributed by atoms with van der Waals surface area (Å²) in [5.74, 6) is -0.953. The number of benzene rings is 1. The van der Waals surface area contributed by atoms with Gasteiger partial charge in [0, 0.05) is 49.5 Å². The molecule has 0 N–H and O–H groups in total. The van der Waals surface area contributed by atoms with Crippen molar-refractivity contribution < 1.29 is 14.3 Å². The highest BCUT2D eigenvalue weighted by atomic mass is 35.5. The smallest absolute Gasteiger partial charge is 0.359 e. The maximum Gasteiger partial charge on any atom is 0.359 e. The lowest BCUT2D eigenvalue weighted by molar-refractivity contribution is -0.136. The lowest BCUT2D eigenvalue weighted by Crippen LogP contribution is -2.49. The second-order valence-corrected chi connectivity index (χ2v) is 9.66. The Labute approximate surface area is 200 Å². The van der Waals surface area contributed by atoms with Crippen molar-refractivity contribution in [2.75, 3.05) is 32.8 Å². The van der Waals surface area contributed by atoms with Crippen LogP contribution in [0.2, 0.25) is 4.34 Å². The number of carbonyl (C=O) groups excluding carboxylic acids is 2. The Hall–Kier alpha value is -2.75. The van der Waals surface area contributed by atoms with E-state index >= 15 is 0 Å². The van der Waals surface area contributed by atoms with Crippen molar-refractivity contribution in [3.8, 4) is 0 Å². The third-order valence-corrected chi connectivity index (χ3v) is 6.77. The first-order valence-electron chi connectivity index (χ1n) is 10.9. The number of esters is 1. The molecule has 0 unspecified atom stereocenters. The largest absolute Gasteiger partial charge is 0.451 e. The second kappa shape index (κ2) is 10.5. The van der Waals surface area contributed by atoms with Crippen LogP contribution >= 0.6 is 22.9 Å². The molecule has 33 heavy (non-hydrogen) atoms. The molecule has 0 bridgehead atoms. The van der Waals surface area contributed by atoms with Crippen LogP contribution in [-0.4, -0.2) is 64.2 Å². The lowest BCUT2D eigenvalue weighted by Gasteiger charge is -2.34. The number of rotatable bonds is 7. The minimum atomic E-state index is -0.711. The molecule has 0 atom stereocenters. The SMILES string of the molecule is CCCn1nc(C(=O)OCC(=O)N2CCN(Cc3ccc(Cl)s3)CC2)c2ccccc2c1=O. The standard InChI is InChI=1S/C23H25ClN4O4S/c1-2-9-28-22(30)18-6-4-3-5-17(18)21(25-28)23(31)32-15-20(29)27-12-10-26(11-13-27)14-16-7-8-19(24)33-16/h3-8H,2,9-15H2,1H3. The molecular weight excluding hydrogens is 464 g/mol. The van der Waals surface area contributed by atoms with Crippen LogP contribution in [0.1, 0.15) is 28.7 Å². The minimum Gasteiger partial charge on any atom is -0.451 e. The molecule has 1 saturated heterocycles. The maximum atomic E-state index is 12.8. The van der Waals surface area contributed by atoms with Gasteiger partial charge in [-0.15, -0.1) is 11.3 Å². The number of ether oxygens (including phenoxy) is 1. The molecule has 4 rings (SSSR count). The number of halogens is 1. The number of thiophene rings is 1. The first kappa shape index (κ1) is 23.4. The van der Waals surface area contributed by atoms with E-state index in [0.29, 0.717) is 36.8 Å². The van der Waals surface area contributed by atoms with Crippen molar-refractivity contribution in [3.63, 3.8) is 0 Å². The Morgan fingerprint density at radius 2 is 1.82 bits per heavy atom. The van der Waals surface area contributed by atoms with Crippen molar-refractivity contribution >= 4 is 45.6 Å². The van der Waals surface area contributed by atoms with E-state index in [1.807, 2.05) is 19.1 Å². The number of fused-ring (bicyclic) bond motifs is 1. The number of aryl methyl sites for hydroxylation is 1. The molecule has 0 aliphatic carbocycles. The maximum absolute atomic E-state index is 12.8. The summed E-state index contributed by atoms with van der Waals surface area (Å²) in [6.45, 7) is 5.38. The van der Waals surface area contributed by atoms with Gasteiger partial charge in [0.25, 0.3) is 11.5 Å². The summed E-state index contributed by atoms with van der Waals surface area (Å²) >= 11 is 7.56. The molecule has 2 aromatic heterocycles. The summed E-state index contributed by atoms with van der Waals surface area (Å²) < 4.78 is 7.36. The summed E-state index contributed by atoms with van der Waals surface area (Å²) in [6.07, 6.45) is 0.698. The molecule has 174 valence electrons. The van der Waals surface area contributed by atoms with Gasteiger partial charge in [-0.05, 0) is 24.6 Å². The van der Waals surface area contributed by atoms with Crippen molar-refractivity contribution in [1.29, 1.82) is 0 Å². The second-order valence-electron chi connectivity index (χ2n) is 7.86. The fourth-order valence-electron chi connectivity index (χ4n) is 3.85. The predicted molar refractivity (Wildman–Crippen MR) is 128 cm³/mol. The van der Waals surface area contributed by atoms with E-state index in [4.69, 9.17) is 16.3 Å². The van der Waals surface area contributed by atoms with E-state index in [0.717, 1.165) is 24.0 Å². The van der Waals surface area contributed by atoms with Crippen LogP contribution in [0.3, 0.4) is 0 Å². The minimum absolute atomic E-state index is 0.0471. The van der Waals surface area contributed by atoms with Crippen molar-refractivity contribution in [2.24, 2.45) is 0 Å². The van der Waals surface area contributed by atoms with Crippen LogP contribution in [0.5, 0.6) is 0 Å². The van der Waals surface area contributed by atoms with Gasteiger partial charge in [-0.2, -0.15) is 5.10 Å². The molecule has 1 aromatic carbocycles. The van der Waals surface area contributed by atoms with Gasteiger partial charge in [0.1, 0.15) is 0 Å². The van der Waals surface area contributed by atoms with Crippen molar-refractivity contribution in [2.45, 2.75) is 26.4 Å². The first-order chi connectivity index (χ1) is 16.0. The number of hydrogen-bond donors (Lipinski definition) is 0. The fourth-order valence-corrected chi connectivity index (χ4v) is 4.98. The number of nitrogens with zero attached hydrogens (tertiary/aromatic N) is 4. The summed E-state index contributed by atoms with van der Waals surface area (Å²) in [7, 11) is 0. The van der Waals surface area contributed by atoms with Crippen LogP contribution in [0, 0.1) is 0 Å². The molecule has 0 spiro atoms. The zero-order chi connectivity index (χ0) is 23.4. The predicted octanol–water partition coefficient (Wildman–Crippen LogP) is 3.02. The molecule has 10 heteroatoms. The molecule has 3 aromatic rings. The van der Waals surface area contributed by atoms with Crippen molar-refractivity contribution in [1.82, 2.24) is 19.6 Å². The van der Waals surface area contributed by atoms with Gasteiger partial charge in [-0.25, -0.2) is 9.48 Å². The highest BCUT2D eigenvalue weighted by molar-refractivity contribution is 7.16. The molecule has 1 fully saturated rings. The Morgan fingerprint density at radius 3 is 2.48 bits per heavy atom. The molecule has 3 heterocycles. The molecule has 1 aliphatic rings. The molecule has 0 saturated carbocycles. The average molecular weight is 489 g/mol. The quantitative estimate of drug-likeness (QED) is 0.475. The molecular formula is C23H25ClN4O4S. The van der Waals surface area contributed by atoms with Gasteiger partial charge in [-0.1, -0.05) is 36.7 Å².